The summed E-state index contributed by atoms with van der Waals surface area (Å²) in [6.07, 6.45) is 7.44. The monoisotopic (exact) mass is 776 g/mol. The molecule has 12 nitrogen and oxygen atoms in total. The maximum absolute atomic E-state index is 14.5. The van der Waals surface area contributed by atoms with Gasteiger partial charge >= 0.3 is 11.9 Å². The molecule has 1 saturated heterocycles. The summed E-state index contributed by atoms with van der Waals surface area (Å²) in [5.74, 6) is -5.40. The van der Waals surface area contributed by atoms with Gasteiger partial charge in [-0.15, -0.1) is 0 Å². The molecule has 1 fully saturated rings. The number of unbranched alkanes of at least 4 members (excludes halogenated alkanes) is 4. The average molecular weight is 777 g/mol. The van der Waals surface area contributed by atoms with E-state index in [1.807, 2.05) is 20.8 Å². The van der Waals surface area contributed by atoms with Crippen LogP contribution in [0.15, 0.2) is 53.5 Å². The lowest BCUT2D eigenvalue weighted by Crippen LogP contribution is -2.60. The number of carbonyl (C=O) groups is 4. The third-order valence-electron chi connectivity index (χ3n) is 11.4. The Morgan fingerprint density at radius 3 is 2.45 bits per heavy atom. The number of fused-ring (bicyclic) bond motifs is 4. The summed E-state index contributed by atoms with van der Waals surface area (Å²) in [6.45, 7) is 7.27. The fourth-order valence-corrected chi connectivity index (χ4v) is 7.58. The Morgan fingerprint density at radius 1 is 1.00 bits per heavy atom. The van der Waals surface area contributed by atoms with E-state index in [0.717, 1.165) is 37.8 Å². The van der Waals surface area contributed by atoms with Crippen LogP contribution in [0.3, 0.4) is 0 Å². The van der Waals surface area contributed by atoms with Crippen LogP contribution in [0.5, 0.6) is 5.75 Å². The van der Waals surface area contributed by atoms with E-state index in [0.29, 0.717) is 30.9 Å². The van der Waals surface area contributed by atoms with Crippen molar-refractivity contribution in [1.29, 1.82) is 5.41 Å². The number of nitrogens with one attached hydrogen (secondary N) is 2. The Morgan fingerprint density at radius 2 is 1.73 bits per heavy atom. The van der Waals surface area contributed by atoms with E-state index in [-0.39, 0.29) is 54.8 Å². The molecule has 2 aliphatic heterocycles. The molecule has 2 N–H and O–H groups in total. The van der Waals surface area contributed by atoms with Crippen molar-refractivity contribution in [3.8, 4) is 5.75 Å². The molecule has 0 unspecified atom stereocenters. The molecule has 300 valence electrons. The average Bonchev–Trinajstić information content (AvgIpc) is 3.25. The summed E-state index contributed by atoms with van der Waals surface area (Å²) in [7, 11) is 1.40. The highest BCUT2D eigenvalue weighted by atomic mass is 19.1. The van der Waals surface area contributed by atoms with E-state index < -0.39 is 69.6 Å². The van der Waals surface area contributed by atoms with Gasteiger partial charge in [-0.05, 0) is 45.2 Å². The second-order valence-corrected chi connectivity index (χ2v) is 15.2. The minimum absolute atomic E-state index is 0.00549. The molecule has 3 atom stereocenters. The van der Waals surface area contributed by atoms with Crippen LogP contribution in [-0.2, 0) is 33.0 Å². The van der Waals surface area contributed by atoms with Gasteiger partial charge in [-0.25, -0.2) is 13.6 Å². The van der Waals surface area contributed by atoms with E-state index in [1.165, 1.54) is 23.9 Å². The SMILES string of the molecule is CCCCCCCC(=O)OCc1ccccc1C(=O)Oc1c2n(cc(C(=O)NCc3ccc(F)cc3F)c1=O)[C@]1(C)CN(C2=O)[C@@H](C)CC[C@]1(C)CC(=N)OC. The first-order valence-electron chi connectivity index (χ1n) is 19.0. The zero-order valence-electron chi connectivity index (χ0n) is 32.6. The minimum atomic E-state index is -1.08. The first-order chi connectivity index (χ1) is 26.6. The van der Waals surface area contributed by atoms with Crippen molar-refractivity contribution in [1.82, 2.24) is 14.8 Å². The van der Waals surface area contributed by atoms with Crippen LogP contribution in [0.2, 0.25) is 0 Å². The molecule has 14 heteroatoms. The van der Waals surface area contributed by atoms with E-state index in [9.17, 15) is 32.8 Å². The van der Waals surface area contributed by atoms with Crippen molar-refractivity contribution < 1.29 is 42.2 Å². The van der Waals surface area contributed by atoms with Crippen molar-refractivity contribution in [3.63, 3.8) is 0 Å². The molecule has 3 aromatic rings. The number of benzene rings is 2. The van der Waals surface area contributed by atoms with Gasteiger partial charge in [0, 0.05) is 60.8 Å². The second-order valence-electron chi connectivity index (χ2n) is 15.2. The van der Waals surface area contributed by atoms with Gasteiger partial charge in [-0.2, -0.15) is 0 Å². The van der Waals surface area contributed by atoms with Gasteiger partial charge in [0.1, 0.15) is 23.8 Å². The summed E-state index contributed by atoms with van der Waals surface area (Å²) in [5, 5.41) is 11.0. The Kier molecular flexibility index (Phi) is 13.1. The summed E-state index contributed by atoms with van der Waals surface area (Å²) in [4.78, 5) is 70.9. The van der Waals surface area contributed by atoms with Crippen LogP contribution in [0.4, 0.5) is 8.78 Å². The van der Waals surface area contributed by atoms with E-state index >= 15 is 0 Å². The Balaban J connectivity index is 1.57. The molecular weight excluding hydrogens is 726 g/mol. The lowest BCUT2D eigenvalue weighted by molar-refractivity contribution is -0.145. The standard InChI is InChI=1S/C42H50F2N4O8/c1-6-7-8-9-10-15-34(49)55-24-28-13-11-12-14-30(28)40(53)56-37-35-39(52)47-25-42(4,41(3,19-18-26(47)2)21-33(45)54-5)48(35)23-31(36(37)50)38(51)46-22-27-16-17-29(43)20-32(27)44/h11-14,16-17,20,23,26,45H,6-10,15,18-19,21-22,24-25H2,1-5H3,(H,46,51)/t26-,41+,42+/m0/s1. The van der Waals surface area contributed by atoms with Crippen molar-refractivity contribution in [3.05, 3.63) is 98.5 Å². The highest BCUT2D eigenvalue weighted by molar-refractivity contribution is 6.01. The number of hydrogen-bond acceptors (Lipinski definition) is 9. The number of rotatable bonds is 15. The largest absolute Gasteiger partial charge is 0.484 e. The van der Waals surface area contributed by atoms with Gasteiger partial charge in [0.15, 0.2) is 11.6 Å². The lowest BCUT2D eigenvalue weighted by atomic mass is 9.66. The van der Waals surface area contributed by atoms with Crippen LogP contribution in [0.1, 0.15) is 128 Å². The molecule has 2 aromatic carbocycles. The minimum Gasteiger partial charge on any atom is -0.484 e. The van der Waals surface area contributed by atoms with Gasteiger partial charge < -0.3 is 29.0 Å². The topological polar surface area (TPSA) is 157 Å². The molecule has 0 aliphatic carbocycles. The molecule has 56 heavy (non-hydrogen) atoms. The molecule has 0 spiro atoms. The Hall–Kier alpha value is -5.40. The summed E-state index contributed by atoms with van der Waals surface area (Å²) in [6, 6.07) is 8.81. The first-order valence-corrected chi connectivity index (χ1v) is 19.0. The zero-order chi connectivity index (χ0) is 40.8. The number of amides is 2. The summed E-state index contributed by atoms with van der Waals surface area (Å²) < 4.78 is 46.2. The van der Waals surface area contributed by atoms with Crippen molar-refractivity contribution in [2.45, 2.75) is 110 Å². The molecule has 2 aliphatic rings. The number of pyridine rings is 1. The number of hydrogen-bond donors (Lipinski definition) is 2. The number of ether oxygens (including phenoxy) is 3. The van der Waals surface area contributed by atoms with Gasteiger partial charge in [0.2, 0.25) is 11.2 Å². The van der Waals surface area contributed by atoms with Gasteiger partial charge in [0.05, 0.1) is 18.2 Å². The summed E-state index contributed by atoms with van der Waals surface area (Å²) in [5.41, 5.74) is -3.45. The molecule has 5 rings (SSSR count). The van der Waals surface area contributed by atoms with E-state index in [4.69, 9.17) is 19.6 Å². The predicted molar refractivity (Wildman–Crippen MR) is 204 cm³/mol. The number of carbonyl (C=O) groups excluding carboxylic acids is 4. The number of aromatic nitrogens is 1. The van der Waals surface area contributed by atoms with Crippen LogP contribution < -0.4 is 15.5 Å². The number of nitrogens with zero attached hydrogens (tertiary/aromatic N) is 2. The Labute approximate surface area is 325 Å². The maximum Gasteiger partial charge on any atom is 0.344 e. The highest BCUT2D eigenvalue weighted by Crippen LogP contribution is 2.51. The van der Waals surface area contributed by atoms with Crippen LogP contribution in [0.25, 0.3) is 0 Å². The van der Waals surface area contributed by atoms with Crippen molar-refractivity contribution in [2.75, 3.05) is 13.7 Å². The highest BCUT2D eigenvalue weighted by Gasteiger charge is 2.55. The smallest absolute Gasteiger partial charge is 0.344 e. The van der Waals surface area contributed by atoms with E-state index in [1.54, 1.807) is 23.1 Å². The van der Waals surface area contributed by atoms with Crippen molar-refractivity contribution in [2.24, 2.45) is 5.41 Å². The maximum atomic E-state index is 14.5. The predicted octanol–water partition coefficient (Wildman–Crippen LogP) is 7.05. The fraction of sp³-hybridized carbons (Fsp3) is 0.476. The van der Waals surface area contributed by atoms with Crippen LogP contribution in [-0.4, -0.2) is 58.8 Å². The first kappa shape index (κ1) is 41.8. The normalized spacial score (nSPS) is 20.1. The molecule has 0 radical (unpaired) electrons. The summed E-state index contributed by atoms with van der Waals surface area (Å²) >= 11 is 0. The van der Waals surface area contributed by atoms with Gasteiger partial charge in [0.25, 0.3) is 11.8 Å². The third-order valence-corrected chi connectivity index (χ3v) is 11.4. The molecule has 2 bridgehead atoms. The number of halogens is 2. The van der Waals surface area contributed by atoms with Crippen molar-refractivity contribution >= 4 is 29.7 Å². The quantitative estimate of drug-likeness (QED) is 0.0720. The molecule has 3 heterocycles. The van der Waals surface area contributed by atoms with E-state index in [2.05, 4.69) is 12.2 Å². The zero-order valence-corrected chi connectivity index (χ0v) is 32.6. The van der Waals surface area contributed by atoms with Crippen LogP contribution in [0, 0.1) is 22.5 Å². The van der Waals surface area contributed by atoms with Gasteiger partial charge in [-0.1, -0.05) is 63.8 Å². The molecule has 1 aromatic heterocycles. The second kappa shape index (κ2) is 17.6. The molecule has 0 saturated carbocycles. The number of esters is 2. The van der Waals surface area contributed by atoms with Gasteiger partial charge in [-0.3, -0.25) is 24.6 Å². The lowest BCUT2D eigenvalue weighted by Gasteiger charge is -2.52. The molecule has 2 amide bonds. The molecular formula is C42H50F2N4O8. The fourth-order valence-electron chi connectivity index (χ4n) is 7.58. The van der Waals surface area contributed by atoms with Crippen LogP contribution >= 0.6 is 0 Å². The number of methoxy groups -OCH3 is 1. The third kappa shape index (κ3) is 8.69. The Bertz CT molecular complexity index is 2070.